The zero-order chi connectivity index (χ0) is 14.0. The predicted molar refractivity (Wildman–Crippen MR) is 85.8 cm³/mol. The van der Waals surface area contributed by atoms with E-state index in [0.717, 1.165) is 38.4 Å². The van der Waals surface area contributed by atoms with Crippen LogP contribution in [0.2, 0.25) is 0 Å². The van der Waals surface area contributed by atoms with Crippen molar-refractivity contribution in [2.45, 2.75) is 0 Å². The smallest absolute Gasteiger partial charge is 0.180 e. The molecule has 0 bridgehead atoms. The number of pyridine rings is 1. The Bertz CT molecular complexity index is 1210. The third-order valence-electron chi connectivity index (χ3n) is 4.12. The van der Waals surface area contributed by atoms with Crippen LogP contribution in [0.4, 0.5) is 0 Å². The lowest BCUT2D eigenvalue weighted by atomic mass is 10.1. The lowest BCUT2D eigenvalue weighted by molar-refractivity contribution is 1.42. The number of benzene rings is 2. The number of rotatable bonds is 0. The first-order chi connectivity index (χ1) is 10.3. The van der Waals surface area contributed by atoms with Crippen LogP contribution in [0.3, 0.4) is 0 Å². The summed E-state index contributed by atoms with van der Waals surface area (Å²) in [4.78, 5) is 21.7. The van der Waals surface area contributed by atoms with Gasteiger partial charge in [0.05, 0.1) is 22.1 Å². The van der Waals surface area contributed by atoms with Gasteiger partial charge in [0, 0.05) is 33.9 Å². The molecule has 0 saturated heterocycles. The molecule has 0 saturated carbocycles. The molecule has 5 rings (SSSR count). The largest absolute Gasteiger partial charge is 0.358 e. The minimum Gasteiger partial charge on any atom is -0.358 e. The van der Waals surface area contributed by atoms with Gasteiger partial charge in [-0.25, -0.2) is 0 Å². The van der Waals surface area contributed by atoms with Crippen molar-refractivity contribution in [3.8, 4) is 0 Å². The molecule has 4 heteroatoms. The molecule has 21 heavy (non-hydrogen) atoms. The van der Waals surface area contributed by atoms with Crippen LogP contribution in [0, 0.1) is 0 Å². The van der Waals surface area contributed by atoms with E-state index in [2.05, 4.69) is 27.1 Å². The predicted octanol–water partition coefficient (Wildman–Crippen LogP) is 3.64. The number of H-pyrrole nitrogens is 3. The van der Waals surface area contributed by atoms with Crippen molar-refractivity contribution in [1.82, 2.24) is 15.0 Å². The van der Waals surface area contributed by atoms with Crippen LogP contribution in [0.1, 0.15) is 0 Å². The molecule has 2 aromatic carbocycles. The molecule has 0 spiro atoms. The fraction of sp³-hybridized carbons (Fsp3) is 0. The van der Waals surface area contributed by atoms with Crippen molar-refractivity contribution >= 4 is 43.7 Å². The van der Waals surface area contributed by atoms with E-state index in [9.17, 15) is 4.79 Å². The Morgan fingerprint density at radius 3 is 2.62 bits per heavy atom. The number of fused-ring (bicyclic) bond motifs is 7. The standard InChI is InChI=1S/C17H11N3O/c21-9-5-6-11-13(7-9)20-17-15-10-3-1-2-4-12(10)19-14(15)8-18-16(11)17/h1-8,18-20H. The molecule has 0 amide bonds. The summed E-state index contributed by atoms with van der Waals surface area (Å²) in [6.07, 6.45) is 1.98. The number of para-hydroxylation sites is 1. The van der Waals surface area contributed by atoms with Crippen molar-refractivity contribution in [3.05, 3.63) is 58.9 Å². The average molecular weight is 273 g/mol. The van der Waals surface area contributed by atoms with Crippen molar-refractivity contribution < 1.29 is 0 Å². The van der Waals surface area contributed by atoms with Crippen molar-refractivity contribution in [2.75, 3.05) is 0 Å². The highest BCUT2D eigenvalue weighted by atomic mass is 16.1. The number of aromatic amines is 3. The Labute approximate surface area is 118 Å². The summed E-state index contributed by atoms with van der Waals surface area (Å²) >= 11 is 0. The quantitative estimate of drug-likeness (QED) is 0.396. The molecule has 100 valence electrons. The van der Waals surface area contributed by atoms with Gasteiger partial charge in [-0.2, -0.15) is 0 Å². The highest BCUT2D eigenvalue weighted by molar-refractivity contribution is 6.22. The molecule has 3 heterocycles. The zero-order valence-corrected chi connectivity index (χ0v) is 11.0. The Kier molecular flexibility index (Phi) is 1.81. The van der Waals surface area contributed by atoms with Crippen molar-refractivity contribution in [2.24, 2.45) is 0 Å². The molecule has 0 fully saturated rings. The Hall–Kier alpha value is -3.01. The van der Waals surface area contributed by atoms with Crippen LogP contribution in [0.15, 0.2) is 53.5 Å². The number of aromatic nitrogens is 3. The van der Waals surface area contributed by atoms with Crippen LogP contribution < -0.4 is 5.43 Å². The first kappa shape index (κ1) is 10.7. The van der Waals surface area contributed by atoms with Crippen molar-refractivity contribution in [3.63, 3.8) is 0 Å². The SMILES string of the molecule is O=c1ccc2c(c1)[nH]c1c2[nH]cc2[nH]c3ccccc3c21. The summed E-state index contributed by atoms with van der Waals surface area (Å²) in [6, 6.07) is 13.3. The topological polar surface area (TPSA) is 64.4 Å². The van der Waals surface area contributed by atoms with Crippen LogP contribution in [-0.4, -0.2) is 15.0 Å². The summed E-state index contributed by atoms with van der Waals surface area (Å²) in [5.74, 6) is 0. The number of nitrogens with one attached hydrogen (secondary N) is 3. The zero-order valence-electron chi connectivity index (χ0n) is 11.0. The highest BCUT2D eigenvalue weighted by Crippen LogP contribution is 2.33. The second kappa shape index (κ2) is 3.55. The summed E-state index contributed by atoms with van der Waals surface area (Å²) in [5.41, 5.74) is 5.11. The molecule has 0 aliphatic heterocycles. The van der Waals surface area contributed by atoms with Gasteiger partial charge in [0.15, 0.2) is 5.43 Å². The normalized spacial score (nSPS) is 12.0. The van der Waals surface area contributed by atoms with Gasteiger partial charge in [0.1, 0.15) is 0 Å². The summed E-state index contributed by atoms with van der Waals surface area (Å²) in [6.45, 7) is 0. The van der Waals surface area contributed by atoms with Gasteiger partial charge < -0.3 is 15.0 Å². The van der Waals surface area contributed by atoms with Gasteiger partial charge >= 0.3 is 0 Å². The number of hydrogen-bond donors (Lipinski definition) is 3. The highest BCUT2D eigenvalue weighted by Gasteiger charge is 2.12. The van der Waals surface area contributed by atoms with E-state index in [4.69, 9.17) is 0 Å². The molecule has 3 aromatic heterocycles. The van der Waals surface area contributed by atoms with E-state index in [0.29, 0.717) is 0 Å². The molecule has 0 atom stereocenters. The van der Waals surface area contributed by atoms with Gasteiger partial charge in [0.2, 0.25) is 0 Å². The molecular formula is C17H11N3O. The molecule has 0 aliphatic rings. The van der Waals surface area contributed by atoms with Gasteiger partial charge in [-0.15, -0.1) is 0 Å². The van der Waals surface area contributed by atoms with Crippen LogP contribution in [0.25, 0.3) is 43.7 Å². The van der Waals surface area contributed by atoms with Crippen molar-refractivity contribution in [1.29, 1.82) is 0 Å². The second-order valence-electron chi connectivity index (χ2n) is 5.33. The number of hydrogen-bond acceptors (Lipinski definition) is 1. The molecule has 0 aliphatic carbocycles. The molecular weight excluding hydrogens is 262 g/mol. The first-order valence-corrected chi connectivity index (χ1v) is 6.85. The Morgan fingerprint density at radius 1 is 0.762 bits per heavy atom. The average Bonchev–Trinajstić information content (AvgIpc) is 3.03. The third kappa shape index (κ3) is 1.31. The fourth-order valence-electron chi connectivity index (χ4n) is 3.20. The maximum absolute atomic E-state index is 11.5. The maximum Gasteiger partial charge on any atom is 0.180 e. The first-order valence-electron chi connectivity index (χ1n) is 6.85. The molecule has 0 radical (unpaired) electrons. The minimum atomic E-state index is 0.0178. The van der Waals surface area contributed by atoms with E-state index < -0.39 is 0 Å². The van der Waals surface area contributed by atoms with E-state index in [-0.39, 0.29) is 5.43 Å². The van der Waals surface area contributed by atoms with E-state index in [1.54, 1.807) is 12.1 Å². The monoisotopic (exact) mass is 273 g/mol. The fourth-order valence-corrected chi connectivity index (χ4v) is 3.20. The Morgan fingerprint density at radius 2 is 1.67 bits per heavy atom. The maximum atomic E-state index is 11.5. The van der Waals surface area contributed by atoms with Gasteiger partial charge in [-0.05, 0) is 18.2 Å². The lowest BCUT2D eigenvalue weighted by Gasteiger charge is -1.95. The summed E-state index contributed by atoms with van der Waals surface area (Å²) < 4.78 is 0. The molecule has 5 aromatic rings. The summed E-state index contributed by atoms with van der Waals surface area (Å²) in [7, 11) is 0. The summed E-state index contributed by atoms with van der Waals surface area (Å²) in [5, 5.41) is 3.38. The second-order valence-corrected chi connectivity index (χ2v) is 5.33. The molecule has 0 unspecified atom stereocenters. The van der Waals surface area contributed by atoms with E-state index in [1.807, 2.05) is 24.4 Å². The third-order valence-corrected chi connectivity index (χ3v) is 4.12. The van der Waals surface area contributed by atoms with Gasteiger partial charge in [-0.1, -0.05) is 18.2 Å². The van der Waals surface area contributed by atoms with Crippen LogP contribution in [0.5, 0.6) is 0 Å². The minimum absolute atomic E-state index is 0.0178. The van der Waals surface area contributed by atoms with Gasteiger partial charge in [0.25, 0.3) is 0 Å². The molecule has 3 N–H and O–H groups in total. The Balaban J connectivity index is 2.12. The molecule has 4 nitrogen and oxygen atoms in total. The van der Waals surface area contributed by atoms with E-state index >= 15 is 0 Å². The van der Waals surface area contributed by atoms with Crippen LogP contribution in [-0.2, 0) is 0 Å². The van der Waals surface area contributed by atoms with Crippen LogP contribution >= 0.6 is 0 Å². The van der Waals surface area contributed by atoms with Gasteiger partial charge in [-0.3, -0.25) is 4.79 Å². The van der Waals surface area contributed by atoms with E-state index in [1.165, 1.54) is 5.39 Å². The lowest BCUT2D eigenvalue weighted by Crippen LogP contribution is -1.93.